The zero-order valence-corrected chi connectivity index (χ0v) is 33.2. The fourth-order valence-corrected chi connectivity index (χ4v) is 5.35. The van der Waals surface area contributed by atoms with E-state index in [1.807, 2.05) is 0 Å². The van der Waals surface area contributed by atoms with E-state index < -0.39 is 0 Å². The van der Waals surface area contributed by atoms with Crippen LogP contribution in [0.5, 0.6) is 0 Å². The van der Waals surface area contributed by atoms with Gasteiger partial charge in [-0.15, -0.1) is 63.5 Å². The van der Waals surface area contributed by atoms with Gasteiger partial charge in [0, 0.05) is 0 Å². The third-order valence-corrected chi connectivity index (χ3v) is 7.70. The Hall–Kier alpha value is -2.22. The minimum atomic E-state index is 0. The Morgan fingerprint density at radius 1 is 0.578 bits per heavy atom. The van der Waals surface area contributed by atoms with Crippen molar-refractivity contribution >= 4 is 27.0 Å². The van der Waals surface area contributed by atoms with Gasteiger partial charge in [-0.05, 0) is 33.1 Å². The molecule has 0 fully saturated rings. The Morgan fingerprint density at radius 3 is 1.44 bits per heavy atom. The largest absolute Gasteiger partial charge is 1.00 e. The van der Waals surface area contributed by atoms with Crippen molar-refractivity contribution in [3.63, 3.8) is 0 Å². The summed E-state index contributed by atoms with van der Waals surface area (Å²) in [5.41, 5.74) is 9.98. The summed E-state index contributed by atoms with van der Waals surface area (Å²) in [5.74, 6) is 0. The van der Waals surface area contributed by atoms with Crippen molar-refractivity contribution in [2.24, 2.45) is 0 Å². The number of aryl methyl sites for hydroxylation is 1. The standard InChI is InChI=1S/C20H21.C19H19.C2H6Si.2ClH.Zr/c1-14-12-16-6-5-7-18(19(16)13-14)15-8-10-17(11-9-15)20(2,3)4;1-19(2,3)16-12-10-15(11-13-16)18-9-5-7-14-6-4-8-17(14)18;1-3-2;;;/h5-13H,1-4H3;4-13H,1-3H3;1-2H3;2*1H;/q2*-1;;;;+2/p-2. The second kappa shape index (κ2) is 16.6. The fourth-order valence-electron chi connectivity index (χ4n) is 5.35. The van der Waals surface area contributed by atoms with E-state index in [2.05, 4.69) is 177 Å². The summed E-state index contributed by atoms with van der Waals surface area (Å²) in [5, 5.41) is 5.34. The maximum Gasteiger partial charge on any atom is -0.0132 e. The van der Waals surface area contributed by atoms with Gasteiger partial charge in [-0.1, -0.05) is 120 Å². The first-order valence-electron chi connectivity index (χ1n) is 15.3. The van der Waals surface area contributed by atoms with Crippen molar-refractivity contribution < 1.29 is 48.1 Å². The summed E-state index contributed by atoms with van der Waals surface area (Å²) in [4.78, 5) is 0. The van der Waals surface area contributed by atoms with Gasteiger partial charge in [0.1, 0.15) is 0 Å². The first-order valence-corrected chi connectivity index (χ1v) is 21.5. The first kappa shape index (κ1) is 39.0. The van der Waals surface area contributed by atoms with Gasteiger partial charge in [-0.25, -0.2) is 0 Å². The molecular weight excluding hydrogens is 683 g/mol. The molecule has 4 heteroatoms. The van der Waals surface area contributed by atoms with Crippen LogP contribution in [0.1, 0.15) is 58.2 Å². The molecule has 0 bridgehead atoms. The molecule has 0 heterocycles. The van der Waals surface area contributed by atoms with Gasteiger partial charge < -0.3 is 24.8 Å². The summed E-state index contributed by atoms with van der Waals surface area (Å²) in [6, 6.07) is 42.1. The van der Waals surface area contributed by atoms with Crippen LogP contribution < -0.4 is 24.8 Å². The van der Waals surface area contributed by atoms with Crippen LogP contribution in [0, 0.1) is 6.92 Å². The smallest absolute Gasteiger partial charge is 0.0132 e. The minimum absolute atomic E-state index is 0. The quantitative estimate of drug-likeness (QED) is 0.149. The molecule has 0 amide bonds. The monoisotopic (exact) mass is 726 g/mol. The maximum atomic E-state index is 2.31. The second-order valence-electron chi connectivity index (χ2n) is 13.8. The van der Waals surface area contributed by atoms with Gasteiger partial charge in [-0.3, -0.25) is 0 Å². The third kappa shape index (κ3) is 10.4. The molecule has 6 aromatic rings. The van der Waals surface area contributed by atoms with Gasteiger partial charge in [-0.2, -0.15) is 18.2 Å². The molecule has 0 atom stereocenters. The van der Waals surface area contributed by atoms with Gasteiger partial charge in [0.15, 0.2) is 0 Å². The molecule has 0 saturated carbocycles. The Labute approximate surface area is 299 Å². The number of rotatable bonds is 2. The van der Waals surface area contributed by atoms with Crippen LogP contribution >= 0.6 is 0 Å². The van der Waals surface area contributed by atoms with Gasteiger partial charge in [0.05, 0.1) is 0 Å². The predicted octanol–water partition coefficient (Wildman–Crippen LogP) is 6.15. The molecule has 6 aromatic carbocycles. The number of hydrogen-bond donors (Lipinski definition) is 0. The van der Waals surface area contributed by atoms with Gasteiger partial charge >= 0.3 is 41.9 Å². The van der Waals surface area contributed by atoms with E-state index >= 15 is 0 Å². The summed E-state index contributed by atoms with van der Waals surface area (Å²) < 4.78 is 0. The topological polar surface area (TPSA) is 0 Å². The molecule has 0 aromatic heterocycles. The van der Waals surface area contributed by atoms with Crippen LogP contribution in [0.4, 0.5) is 0 Å². The molecule has 234 valence electrons. The van der Waals surface area contributed by atoms with Crippen molar-refractivity contribution in [3.8, 4) is 22.3 Å². The number of benzene rings is 4. The zero-order chi connectivity index (χ0) is 31.4. The Bertz CT molecular complexity index is 1800. The van der Waals surface area contributed by atoms with Crippen LogP contribution in [0.25, 0.3) is 43.8 Å². The van der Waals surface area contributed by atoms with Crippen LogP contribution in [-0.4, -0.2) is 5.43 Å². The molecule has 0 spiro atoms. The van der Waals surface area contributed by atoms with E-state index in [1.54, 1.807) is 23.3 Å². The molecule has 0 aliphatic rings. The molecule has 0 aliphatic heterocycles. The Kier molecular flexibility index (Phi) is 14.3. The molecule has 0 radical (unpaired) electrons. The minimum Gasteiger partial charge on any atom is -1.00 e. The SMILES string of the molecule is CC(C)(C)c1ccc(-c2cccc3[cH-]ccc23)cc1.C[Si](C)=[Zr+2].Cc1cc2c(-c3ccc(C(C)(C)C)cc3)cccc2[cH-]1.[Cl-].[Cl-]. The second-order valence-corrected chi connectivity index (χ2v) is 23.2. The average Bonchev–Trinajstić information content (AvgIpc) is 3.58. The predicted molar refractivity (Wildman–Crippen MR) is 190 cm³/mol. The molecule has 0 nitrogen and oxygen atoms in total. The van der Waals surface area contributed by atoms with Crippen LogP contribution in [-0.2, 0) is 34.2 Å². The first-order chi connectivity index (χ1) is 20.2. The summed E-state index contributed by atoms with van der Waals surface area (Å²) in [6.07, 6.45) is 0. The van der Waals surface area contributed by atoms with Crippen LogP contribution in [0.15, 0.2) is 115 Å². The number of fused-ring (bicyclic) bond motifs is 2. The normalized spacial score (nSPS) is 11.0. The Morgan fingerprint density at radius 2 is 1.00 bits per heavy atom. The van der Waals surface area contributed by atoms with Crippen LogP contribution in [0.2, 0.25) is 13.1 Å². The van der Waals surface area contributed by atoms with E-state index in [0.717, 1.165) is 0 Å². The number of halogens is 2. The fraction of sp³-hybridized carbons (Fsp3) is 0.268. The molecule has 0 aliphatic carbocycles. The van der Waals surface area contributed by atoms with Crippen molar-refractivity contribution in [2.45, 2.75) is 72.4 Å². The molecule has 0 N–H and O–H groups in total. The molecule has 6 rings (SSSR count). The number of hydrogen-bond acceptors (Lipinski definition) is 0. The van der Waals surface area contributed by atoms with Crippen molar-refractivity contribution in [1.29, 1.82) is 0 Å². The van der Waals surface area contributed by atoms with E-state index in [1.165, 1.54) is 60.5 Å². The summed E-state index contributed by atoms with van der Waals surface area (Å²) in [7, 11) is 0. The third-order valence-electron chi connectivity index (χ3n) is 7.70. The average molecular weight is 729 g/mol. The molecule has 45 heavy (non-hydrogen) atoms. The molecule has 0 unspecified atom stereocenters. The molecule has 0 saturated heterocycles. The maximum absolute atomic E-state index is 2.31. The van der Waals surface area contributed by atoms with Crippen molar-refractivity contribution in [1.82, 2.24) is 0 Å². The van der Waals surface area contributed by atoms with Crippen molar-refractivity contribution in [3.05, 3.63) is 132 Å². The van der Waals surface area contributed by atoms with Crippen molar-refractivity contribution in [2.75, 3.05) is 0 Å². The summed E-state index contributed by atoms with van der Waals surface area (Å²) in [6.45, 7) is 20.3. The van der Waals surface area contributed by atoms with Gasteiger partial charge in [0.2, 0.25) is 0 Å². The molecular formula is C41H46Cl2SiZr-2. The van der Waals surface area contributed by atoms with Gasteiger partial charge in [0.25, 0.3) is 0 Å². The van der Waals surface area contributed by atoms with E-state index in [9.17, 15) is 0 Å². The Balaban J connectivity index is 0.000000270. The zero-order valence-electron chi connectivity index (χ0n) is 28.2. The van der Waals surface area contributed by atoms with E-state index in [4.69, 9.17) is 0 Å². The summed E-state index contributed by atoms with van der Waals surface area (Å²) >= 11 is 1.74. The van der Waals surface area contributed by atoms with E-state index in [-0.39, 0.29) is 41.1 Å². The van der Waals surface area contributed by atoms with E-state index in [0.29, 0.717) is 0 Å². The van der Waals surface area contributed by atoms with Crippen LogP contribution in [0.3, 0.4) is 0 Å².